The Labute approximate surface area is 192 Å². The van der Waals surface area contributed by atoms with Gasteiger partial charge in [0.05, 0.1) is 5.25 Å². The van der Waals surface area contributed by atoms with E-state index in [1.165, 1.54) is 40.6 Å². The lowest BCUT2D eigenvalue weighted by Crippen LogP contribution is -2.25. The van der Waals surface area contributed by atoms with Crippen molar-refractivity contribution in [1.29, 1.82) is 0 Å². The van der Waals surface area contributed by atoms with E-state index in [1.807, 2.05) is 19.9 Å². The summed E-state index contributed by atoms with van der Waals surface area (Å²) in [5.41, 5.74) is 1.76. The third-order valence-corrected chi connectivity index (χ3v) is 6.62. The molecule has 0 saturated carbocycles. The van der Waals surface area contributed by atoms with Crippen LogP contribution in [0.15, 0.2) is 64.8 Å². The van der Waals surface area contributed by atoms with Gasteiger partial charge < -0.3 is 5.32 Å². The van der Waals surface area contributed by atoms with Gasteiger partial charge >= 0.3 is 5.56 Å². The van der Waals surface area contributed by atoms with E-state index in [-0.39, 0.29) is 17.4 Å². The molecule has 0 radical (unpaired) electrons. The zero-order valence-electron chi connectivity index (χ0n) is 17.3. The van der Waals surface area contributed by atoms with Crippen LogP contribution >= 0.6 is 23.4 Å². The average Bonchev–Trinajstić information content (AvgIpc) is 3.19. The summed E-state index contributed by atoms with van der Waals surface area (Å²) in [6, 6.07) is 10.9. The van der Waals surface area contributed by atoms with Crippen LogP contribution in [0.3, 0.4) is 0 Å². The van der Waals surface area contributed by atoms with Crippen molar-refractivity contribution < 1.29 is 9.18 Å². The molecule has 164 valence electrons. The van der Waals surface area contributed by atoms with Gasteiger partial charge in [-0.2, -0.15) is 0 Å². The molecule has 4 aromatic rings. The Morgan fingerprint density at radius 3 is 2.62 bits per heavy atom. The Balaban J connectivity index is 1.58. The molecule has 2 aromatic carbocycles. The summed E-state index contributed by atoms with van der Waals surface area (Å²) in [7, 11) is 0. The van der Waals surface area contributed by atoms with Crippen LogP contribution in [0.1, 0.15) is 18.9 Å². The Morgan fingerprint density at radius 1 is 1.19 bits per heavy atom. The molecule has 32 heavy (non-hydrogen) atoms. The van der Waals surface area contributed by atoms with Crippen molar-refractivity contribution in [2.24, 2.45) is 0 Å². The Kier molecular flexibility index (Phi) is 6.29. The molecule has 2 aromatic heterocycles. The molecule has 4 rings (SSSR count). The highest BCUT2D eigenvalue weighted by atomic mass is 35.5. The minimum absolute atomic E-state index is 0.111. The number of fused-ring (bicyclic) bond motifs is 1. The molecule has 1 atom stereocenters. The van der Waals surface area contributed by atoms with Crippen LogP contribution in [0.4, 0.5) is 10.1 Å². The Hall–Kier alpha value is -3.17. The molecule has 0 spiro atoms. The lowest BCUT2D eigenvalue weighted by Gasteiger charge is -2.14. The molecular formula is C22H19ClFN5O2S. The number of nitrogens with zero attached hydrogens (tertiary/aromatic N) is 4. The lowest BCUT2D eigenvalue weighted by atomic mass is 10.2. The molecule has 0 saturated heterocycles. The van der Waals surface area contributed by atoms with Gasteiger partial charge in [-0.1, -0.05) is 36.4 Å². The first-order valence-electron chi connectivity index (χ1n) is 9.83. The summed E-state index contributed by atoms with van der Waals surface area (Å²) in [4.78, 5) is 25.7. The molecule has 0 unspecified atom stereocenters. The summed E-state index contributed by atoms with van der Waals surface area (Å²) >= 11 is 7.36. The second-order valence-electron chi connectivity index (χ2n) is 7.09. The Morgan fingerprint density at radius 2 is 1.94 bits per heavy atom. The maximum absolute atomic E-state index is 13.2. The van der Waals surface area contributed by atoms with Gasteiger partial charge in [0.2, 0.25) is 11.6 Å². The molecule has 0 bridgehead atoms. The number of thioether (sulfide) groups is 1. The normalized spacial score (nSPS) is 12.1. The topological polar surface area (TPSA) is 81.3 Å². The predicted octanol–water partition coefficient (Wildman–Crippen LogP) is 4.49. The number of benzene rings is 2. The molecular weight excluding hydrogens is 453 g/mol. The molecule has 0 fully saturated rings. The van der Waals surface area contributed by atoms with Crippen molar-refractivity contribution in [3.8, 4) is 5.69 Å². The Bertz CT molecular complexity index is 1350. The standard InChI is InChI=1S/C22H19ClFN5O2S/c1-3-18(20(30)25-15-7-4-13(2)17(23)12-15)32-22-27-26-19-21(31)28(10-11-29(19)22)16-8-5-14(24)6-9-16/h4-12,18H,3H2,1-2H3,(H,25,30)/t18-/m0/s1. The number of aryl methyl sites for hydroxylation is 1. The van der Waals surface area contributed by atoms with Crippen LogP contribution < -0.4 is 10.9 Å². The molecule has 10 heteroatoms. The van der Waals surface area contributed by atoms with Gasteiger partial charge in [-0.25, -0.2) is 4.39 Å². The van der Waals surface area contributed by atoms with Crippen LogP contribution in [0, 0.1) is 12.7 Å². The highest BCUT2D eigenvalue weighted by Crippen LogP contribution is 2.26. The zero-order valence-corrected chi connectivity index (χ0v) is 18.8. The number of carbonyl (C=O) groups is 1. The number of carbonyl (C=O) groups excluding carboxylic acids is 1. The van der Waals surface area contributed by atoms with Crippen LogP contribution in [0.5, 0.6) is 0 Å². The fourth-order valence-electron chi connectivity index (χ4n) is 3.09. The minimum atomic E-state index is -0.456. The molecule has 1 N–H and O–H groups in total. The third kappa shape index (κ3) is 4.39. The van der Waals surface area contributed by atoms with Crippen LogP contribution in [-0.4, -0.2) is 30.3 Å². The second-order valence-corrected chi connectivity index (χ2v) is 8.67. The van der Waals surface area contributed by atoms with Gasteiger partial charge in [-0.3, -0.25) is 18.6 Å². The summed E-state index contributed by atoms with van der Waals surface area (Å²) < 4.78 is 16.1. The first kappa shape index (κ1) is 22.0. The highest BCUT2D eigenvalue weighted by Gasteiger charge is 2.22. The summed E-state index contributed by atoms with van der Waals surface area (Å²) in [5.74, 6) is -0.588. The summed E-state index contributed by atoms with van der Waals surface area (Å²) in [6.45, 7) is 3.78. The fraction of sp³-hybridized carbons (Fsp3) is 0.182. The van der Waals surface area contributed by atoms with E-state index in [4.69, 9.17) is 11.6 Å². The van der Waals surface area contributed by atoms with Gasteiger partial charge in [0.1, 0.15) is 5.82 Å². The maximum Gasteiger partial charge on any atom is 0.300 e. The van der Waals surface area contributed by atoms with Gasteiger partial charge in [-0.15, -0.1) is 10.2 Å². The van der Waals surface area contributed by atoms with E-state index in [9.17, 15) is 14.0 Å². The van der Waals surface area contributed by atoms with Gasteiger partial charge in [0, 0.05) is 28.8 Å². The second kappa shape index (κ2) is 9.13. The fourth-order valence-corrected chi connectivity index (χ4v) is 4.21. The van der Waals surface area contributed by atoms with Crippen molar-refractivity contribution in [2.75, 3.05) is 5.32 Å². The smallest absolute Gasteiger partial charge is 0.300 e. The quantitative estimate of drug-likeness (QED) is 0.419. The molecule has 2 heterocycles. The van der Waals surface area contributed by atoms with Gasteiger partial charge in [0.25, 0.3) is 0 Å². The predicted molar refractivity (Wildman–Crippen MR) is 123 cm³/mol. The maximum atomic E-state index is 13.2. The number of amides is 1. The van der Waals surface area contributed by atoms with Gasteiger partial charge in [-0.05, 0) is 55.3 Å². The van der Waals surface area contributed by atoms with E-state index >= 15 is 0 Å². The minimum Gasteiger partial charge on any atom is -0.325 e. The van der Waals surface area contributed by atoms with Crippen molar-refractivity contribution in [1.82, 2.24) is 19.2 Å². The van der Waals surface area contributed by atoms with Crippen LogP contribution in [0.2, 0.25) is 5.02 Å². The van der Waals surface area contributed by atoms with E-state index in [1.54, 1.807) is 28.9 Å². The number of aromatic nitrogens is 4. The number of anilines is 1. The first-order chi connectivity index (χ1) is 15.4. The van der Waals surface area contributed by atoms with E-state index in [0.29, 0.717) is 28.0 Å². The van der Waals surface area contributed by atoms with Crippen molar-refractivity contribution in [3.63, 3.8) is 0 Å². The zero-order chi connectivity index (χ0) is 22.8. The summed E-state index contributed by atoms with van der Waals surface area (Å²) in [6.07, 6.45) is 3.75. The molecule has 1 amide bonds. The van der Waals surface area contributed by atoms with E-state index in [0.717, 1.165) is 5.56 Å². The molecule has 0 aliphatic carbocycles. The van der Waals surface area contributed by atoms with Crippen LogP contribution in [-0.2, 0) is 4.79 Å². The van der Waals surface area contributed by atoms with Crippen molar-refractivity contribution in [3.05, 3.63) is 81.6 Å². The monoisotopic (exact) mass is 471 g/mol. The number of hydrogen-bond acceptors (Lipinski definition) is 5. The SMILES string of the molecule is CC[C@H](Sc1nnc2c(=O)n(-c3ccc(F)cc3)ccn12)C(=O)Nc1ccc(C)c(Cl)c1. The number of nitrogens with one attached hydrogen (secondary N) is 1. The third-order valence-electron chi connectivity index (χ3n) is 4.89. The largest absolute Gasteiger partial charge is 0.325 e. The number of rotatable bonds is 6. The molecule has 0 aliphatic rings. The highest BCUT2D eigenvalue weighted by molar-refractivity contribution is 8.00. The molecule has 7 nitrogen and oxygen atoms in total. The lowest BCUT2D eigenvalue weighted by molar-refractivity contribution is -0.115. The average molecular weight is 472 g/mol. The van der Waals surface area contributed by atoms with E-state index < -0.39 is 10.8 Å². The summed E-state index contributed by atoms with van der Waals surface area (Å²) in [5, 5.41) is 11.5. The number of hydrogen-bond donors (Lipinski definition) is 1. The van der Waals surface area contributed by atoms with Crippen LogP contribution in [0.25, 0.3) is 11.3 Å². The van der Waals surface area contributed by atoms with E-state index in [2.05, 4.69) is 15.5 Å². The number of halogens is 2. The molecule has 0 aliphatic heterocycles. The van der Waals surface area contributed by atoms with Crippen molar-refractivity contribution in [2.45, 2.75) is 30.7 Å². The first-order valence-corrected chi connectivity index (χ1v) is 11.1. The van der Waals surface area contributed by atoms with Gasteiger partial charge in [0.15, 0.2) is 5.16 Å². The van der Waals surface area contributed by atoms with Crippen molar-refractivity contribution >= 4 is 40.6 Å².